The highest BCUT2D eigenvalue weighted by Gasteiger charge is 2.29. The molecular formula is C37H32N6O5S. The molecule has 0 unspecified atom stereocenters. The minimum Gasteiger partial charge on any atom is -0.476 e. The van der Waals surface area contributed by atoms with E-state index in [1.165, 1.54) is 11.3 Å². The van der Waals surface area contributed by atoms with Gasteiger partial charge >= 0.3 is 11.9 Å². The number of thiazole rings is 1. The number of ether oxygens (including phenoxy) is 1. The van der Waals surface area contributed by atoms with Crippen LogP contribution in [-0.2, 0) is 24.2 Å². The fraction of sp³-hybridized carbons (Fsp3) is 0.189. The van der Waals surface area contributed by atoms with Gasteiger partial charge in [-0.3, -0.25) is 14.8 Å². The largest absolute Gasteiger partial charge is 0.476 e. The Labute approximate surface area is 285 Å². The van der Waals surface area contributed by atoms with Gasteiger partial charge in [0.25, 0.3) is 5.91 Å². The molecule has 49 heavy (non-hydrogen) atoms. The van der Waals surface area contributed by atoms with E-state index < -0.39 is 11.9 Å². The smallest absolute Gasteiger partial charge is 0.359 e. The van der Waals surface area contributed by atoms with Crippen molar-refractivity contribution in [2.24, 2.45) is 0 Å². The molecule has 0 spiro atoms. The number of aromatic carboxylic acids is 1. The van der Waals surface area contributed by atoms with Crippen molar-refractivity contribution in [3.8, 4) is 11.1 Å². The van der Waals surface area contributed by atoms with E-state index in [9.17, 15) is 19.5 Å². The molecule has 246 valence electrons. The zero-order chi connectivity index (χ0) is 34.1. The Morgan fingerprint density at radius 1 is 0.939 bits per heavy atom. The number of nitrogens with one attached hydrogen (secondary N) is 1. The average Bonchev–Trinajstić information content (AvgIpc) is 3.67. The summed E-state index contributed by atoms with van der Waals surface area (Å²) < 4.78 is 7.98. The number of para-hydroxylation sites is 1. The maximum Gasteiger partial charge on any atom is 0.359 e. The lowest BCUT2D eigenvalue weighted by molar-refractivity contribution is 0.0518. The normalized spacial score (nSPS) is 12.5. The van der Waals surface area contributed by atoms with Crippen LogP contribution in [0.15, 0.2) is 84.9 Å². The van der Waals surface area contributed by atoms with Crippen molar-refractivity contribution in [2.75, 3.05) is 23.4 Å². The van der Waals surface area contributed by atoms with Crippen LogP contribution in [0.1, 0.15) is 60.6 Å². The van der Waals surface area contributed by atoms with E-state index in [0.717, 1.165) is 26.9 Å². The molecule has 0 saturated carbocycles. The number of hydrogen-bond donors (Lipinski definition) is 2. The summed E-state index contributed by atoms with van der Waals surface area (Å²) in [6.45, 7) is 4.96. The predicted octanol–water partition coefficient (Wildman–Crippen LogP) is 6.60. The lowest BCUT2D eigenvalue weighted by atomic mass is 9.94. The van der Waals surface area contributed by atoms with Gasteiger partial charge in [0.05, 0.1) is 23.4 Å². The summed E-state index contributed by atoms with van der Waals surface area (Å²) in [5.41, 5.74) is 5.27. The highest BCUT2D eigenvalue weighted by molar-refractivity contribution is 7.22. The quantitative estimate of drug-likeness (QED) is 0.163. The fourth-order valence-electron chi connectivity index (χ4n) is 6.19. The number of rotatable bonds is 9. The third-order valence-corrected chi connectivity index (χ3v) is 9.51. The van der Waals surface area contributed by atoms with E-state index in [4.69, 9.17) is 4.74 Å². The van der Waals surface area contributed by atoms with Crippen molar-refractivity contribution >= 4 is 50.3 Å². The van der Waals surface area contributed by atoms with E-state index >= 15 is 0 Å². The molecule has 0 fully saturated rings. The van der Waals surface area contributed by atoms with Gasteiger partial charge in [-0.25, -0.2) is 19.6 Å². The van der Waals surface area contributed by atoms with E-state index in [2.05, 4.69) is 20.4 Å². The summed E-state index contributed by atoms with van der Waals surface area (Å²) in [5, 5.41) is 18.5. The second-order valence-electron chi connectivity index (χ2n) is 11.6. The molecule has 3 aromatic carbocycles. The molecule has 0 aliphatic carbocycles. The molecule has 0 bridgehead atoms. The van der Waals surface area contributed by atoms with E-state index in [1.807, 2.05) is 71.6 Å². The van der Waals surface area contributed by atoms with Crippen LogP contribution in [0.2, 0.25) is 0 Å². The van der Waals surface area contributed by atoms with E-state index in [-0.39, 0.29) is 29.5 Å². The van der Waals surface area contributed by atoms with Gasteiger partial charge in [0.15, 0.2) is 16.5 Å². The lowest BCUT2D eigenvalue weighted by Gasteiger charge is -2.31. The van der Waals surface area contributed by atoms with Crippen LogP contribution in [0.4, 0.5) is 10.9 Å². The van der Waals surface area contributed by atoms with Gasteiger partial charge in [-0.05, 0) is 67.3 Å². The lowest BCUT2D eigenvalue weighted by Crippen LogP contribution is -2.33. The predicted molar refractivity (Wildman–Crippen MR) is 187 cm³/mol. The zero-order valence-electron chi connectivity index (χ0n) is 26.8. The Balaban J connectivity index is 1.21. The Kier molecular flexibility index (Phi) is 8.62. The number of benzene rings is 3. The van der Waals surface area contributed by atoms with Crippen molar-refractivity contribution < 1.29 is 24.2 Å². The van der Waals surface area contributed by atoms with Gasteiger partial charge < -0.3 is 14.7 Å². The first-order chi connectivity index (χ1) is 23.8. The van der Waals surface area contributed by atoms with Gasteiger partial charge in [0.1, 0.15) is 5.82 Å². The summed E-state index contributed by atoms with van der Waals surface area (Å²) in [4.78, 5) is 50.5. The number of carbonyl (C=O) groups excluding carboxylic acids is 2. The molecule has 4 heterocycles. The van der Waals surface area contributed by atoms with Crippen LogP contribution >= 0.6 is 11.3 Å². The molecule has 11 nitrogen and oxygen atoms in total. The first-order valence-electron chi connectivity index (χ1n) is 15.9. The number of hydrogen-bond acceptors (Lipinski definition) is 9. The molecule has 0 radical (unpaired) electrons. The van der Waals surface area contributed by atoms with Gasteiger partial charge in [-0.15, -0.1) is 0 Å². The van der Waals surface area contributed by atoms with Gasteiger partial charge in [0.2, 0.25) is 0 Å². The van der Waals surface area contributed by atoms with Gasteiger partial charge in [-0.1, -0.05) is 65.9 Å². The molecule has 12 heteroatoms. The third-order valence-electron chi connectivity index (χ3n) is 8.56. The molecular weight excluding hydrogens is 641 g/mol. The van der Waals surface area contributed by atoms with Crippen molar-refractivity contribution in [1.29, 1.82) is 0 Å². The van der Waals surface area contributed by atoms with Gasteiger partial charge in [-0.2, -0.15) is 5.10 Å². The Hall–Kier alpha value is -5.88. The van der Waals surface area contributed by atoms with Crippen molar-refractivity contribution in [3.05, 3.63) is 124 Å². The first-order valence-corrected chi connectivity index (χ1v) is 16.7. The second kappa shape index (κ2) is 13.3. The van der Waals surface area contributed by atoms with Crippen LogP contribution in [0, 0.1) is 6.92 Å². The number of amides is 1. The van der Waals surface area contributed by atoms with E-state index in [1.54, 1.807) is 36.7 Å². The monoisotopic (exact) mass is 672 g/mol. The molecule has 2 N–H and O–H groups in total. The Bertz CT molecular complexity index is 2190. The number of nitrogens with zero attached hydrogens (tertiary/aromatic N) is 5. The number of carboxylic acid groups (broad SMARTS) is 1. The third kappa shape index (κ3) is 6.25. The molecule has 1 amide bonds. The topological polar surface area (TPSA) is 140 Å². The summed E-state index contributed by atoms with van der Waals surface area (Å²) in [7, 11) is 0. The highest BCUT2D eigenvalue weighted by atomic mass is 32.1. The molecule has 0 saturated heterocycles. The number of carboxylic acids is 1. The number of aromatic nitrogens is 4. The summed E-state index contributed by atoms with van der Waals surface area (Å²) >= 11 is 1.41. The van der Waals surface area contributed by atoms with Gasteiger partial charge in [0, 0.05) is 35.5 Å². The number of carbonyl (C=O) groups is 3. The van der Waals surface area contributed by atoms with Crippen LogP contribution in [0.5, 0.6) is 0 Å². The molecule has 1 aliphatic heterocycles. The van der Waals surface area contributed by atoms with Crippen LogP contribution in [0.3, 0.4) is 0 Å². The maximum absolute atomic E-state index is 13.5. The highest BCUT2D eigenvalue weighted by Crippen LogP contribution is 2.34. The summed E-state index contributed by atoms with van der Waals surface area (Å²) in [5.74, 6) is -1.70. The molecule has 1 aliphatic rings. The molecule has 0 atom stereocenters. The standard InChI is InChI=1S/C37H32N6O5S/c1-3-48-36(47)33-31(22(2)43(41-33)20-23-10-5-4-6-11-23)26-16-17-30(39-32(26)35(45)46)42-19-18-24-12-9-13-25(27(24)21-42)34(44)40-37-38-28-14-7-8-15-29(28)49-37/h4-17H,3,18-21H2,1-2H3,(H,45,46)(H,38,40,44). The van der Waals surface area contributed by atoms with Crippen LogP contribution < -0.4 is 10.2 Å². The van der Waals surface area contributed by atoms with Crippen LogP contribution in [0.25, 0.3) is 21.3 Å². The Morgan fingerprint density at radius 2 is 1.73 bits per heavy atom. The minimum atomic E-state index is -1.24. The average molecular weight is 673 g/mol. The summed E-state index contributed by atoms with van der Waals surface area (Å²) in [6.07, 6.45) is 0.641. The maximum atomic E-state index is 13.5. The van der Waals surface area contributed by atoms with E-state index in [0.29, 0.717) is 53.8 Å². The minimum absolute atomic E-state index is 0.0306. The van der Waals surface area contributed by atoms with Crippen molar-refractivity contribution in [3.63, 3.8) is 0 Å². The number of pyridine rings is 1. The number of fused-ring (bicyclic) bond motifs is 2. The molecule has 6 aromatic rings. The Morgan fingerprint density at radius 3 is 2.51 bits per heavy atom. The fourth-order valence-corrected chi connectivity index (χ4v) is 7.05. The van der Waals surface area contributed by atoms with Crippen LogP contribution in [-0.4, -0.2) is 55.9 Å². The molecule has 7 rings (SSSR count). The summed E-state index contributed by atoms with van der Waals surface area (Å²) in [6, 6.07) is 26.5. The number of esters is 1. The van der Waals surface area contributed by atoms with Crippen molar-refractivity contribution in [2.45, 2.75) is 33.4 Å². The zero-order valence-corrected chi connectivity index (χ0v) is 27.7. The number of anilines is 2. The SMILES string of the molecule is CCOC(=O)c1nn(Cc2ccccc2)c(C)c1-c1ccc(N2CCc3cccc(C(=O)Nc4nc5ccccc5s4)c3C2)nc1C(=O)O. The second-order valence-corrected chi connectivity index (χ2v) is 12.6. The molecule has 3 aromatic heterocycles. The first kappa shape index (κ1) is 31.7. The van der Waals surface area contributed by atoms with Crippen molar-refractivity contribution in [1.82, 2.24) is 19.7 Å².